The van der Waals surface area contributed by atoms with Crippen LogP contribution in [-0.4, -0.2) is 92.2 Å². The first kappa shape index (κ1) is 18.0. The SMILES string of the molecule is CS(=O)(=O)N1CCCN(C(=O)c2cnc(N3CCOCC3)nc2)CC1. The molecule has 0 radical (unpaired) electrons. The van der Waals surface area contributed by atoms with Crippen molar-refractivity contribution in [1.82, 2.24) is 19.2 Å². The molecule has 0 bridgehead atoms. The molecule has 1 aromatic heterocycles. The number of anilines is 1. The fraction of sp³-hybridized carbons (Fsp3) is 0.667. The van der Waals surface area contributed by atoms with Crippen molar-refractivity contribution in [1.29, 1.82) is 0 Å². The summed E-state index contributed by atoms with van der Waals surface area (Å²) in [5, 5.41) is 0. The van der Waals surface area contributed by atoms with Crippen LogP contribution >= 0.6 is 0 Å². The highest BCUT2D eigenvalue weighted by Crippen LogP contribution is 2.13. The molecule has 0 unspecified atom stereocenters. The predicted molar refractivity (Wildman–Crippen MR) is 92.0 cm³/mol. The van der Waals surface area contributed by atoms with E-state index in [1.807, 2.05) is 4.90 Å². The van der Waals surface area contributed by atoms with Crippen molar-refractivity contribution in [3.05, 3.63) is 18.0 Å². The van der Waals surface area contributed by atoms with Gasteiger partial charge >= 0.3 is 0 Å². The lowest BCUT2D eigenvalue weighted by atomic mass is 10.2. The van der Waals surface area contributed by atoms with Crippen molar-refractivity contribution in [2.24, 2.45) is 0 Å². The summed E-state index contributed by atoms with van der Waals surface area (Å²) in [6.45, 7) is 4.42. The minimum atomic E-state index is -3.23. The van der Waals surface area contributed by atoms with Crippen LogP contribution in [0.15, 0.2) is 12.4 Å². The van der Waals surface area contributed by atoms with Crippen molar-refractivity contribution < 1.29 is 17.9 Å². The maximum absolute atomic E-state index is 12.6. The van der Waals surface area contributed by atoms with Crippen molar-refractivity contribution in [3.8, 4) is 0 Å². The molecule has 10 heteroatoms. The molecule has 2 aliphatic rings. The maximum Gasteiger partial charge on any atom is 0.257 e. The van der Waals surface area contributed by atoms with E-state index in [-0.39, 0.29) is 5.91 Å². The standard InChI is InChI=1S/C15H23N5O4S/c1-25(22,23)20-4-2-3-18(5-6-20)14(21)13-11-16-15(17-12-13)19-7-9-24-10-8-19/h11-12H,2-10H2,1H3. The average molecular weight is 369 g/mol. The number of aromatic nitrogens is 2. The summed E-state index contributed by atoms with van der Waals surface area (Å²) in [7, 11) is -3.23. The summed E-state index contributed by atoms with van der Waals surface area (Å²) in [5.41, 5.74) is 0.421. The number of hydrogen-bond donors (Lipinski definition) is 0. The third-order valence-corrected chi connectivity index (χ3v) is 5.69. The Morgan fingerprint density at radius 1 is 1.04 bits per heavy atom. The molecule has 2 saturated heterocycles. The van der Waals surface area contributed by atoms with Crippen LogP contribution in [0.1, 0.15) is 16.8 Å². The lowest BCUT2D eigenvalue weighted by Crippen LogP contribution is -2.38. The van der Waals surface area contributed by atoms with Gasteiger partial charge in [0.15, 0.2) is 0 Å². The Kier molecular flexibility index (Phi) is 5.50. The van der Waals surface area contributed by atoms with Crippen LogP contribution in [0.5, 0.6) is 0 Å². The van der Waals surface area contributed by atoms with E-state index in [0.29, 0.717) is 57.3 Å². The lowest BCUT2D eigenvalue weighted by molar-refractivity contribution is 0.0763. The smallest absolute Gasteiger partial charge is 0.257 e. The van der Waals surface area contributed by atoms with Gasteiger partial charge in [-0.3, -0.25) is 4.79 Å². The minimum absolute atomic E-state index is 0.163. The lowest BCUT2D eigenvalue weighted by Gasteiger charge is -2.26. The molecule has 9 nitrogen and oxygen atoms in total. The number of morpholine rings is 1. The molecule has 1 aromatic rings. The van der Waals surface area contributed by atoms with Gasteiger partial charge in [0.25, 0.3) is 5.91 Å². The van der Waals surface area contributed by atoms with E-state index >= 15 is 0 Å². The van der Waals surface area contributed by atoms with E-state index in [1.54, 1.807) is 17.3 Å². The third-order valence-electron chi connectivity index (χ3n) is 4.39. The number of ether oxygens (including phenoxy) is 1. The summed E-state index contributed by atoms with van der Waals surface area (Å²) in [5.74, 6) is 0.433. The van der Waals surface area contributed by atoms with E-state index in [0.717, 1.165) is 13.1 Å². The number of sulfonamides is 1. The Hall–Kier alpha value is -1.78. The van der Waals surface area contributed by atoms with Crippen molar-refractivity contribution in [2.45, 2.75) is 6.42 Å². The number of carbonyl (C=O) groups excluding carboxylic acids is 1. The first-order valence-electron chi connectivity index (χ1n) is 8.34. The van der Waals surface area contributed by atoms with Gasteiger partial charge in [0, 0.05) is 51.7 Å². The molecule has 0 aliphatic carbocycles. The molecule has 138 valence electrons. The number of amides is 1. The topological polar surface area (TPSA) is 95.9 Å². The van der Waals surface area contributed by atoms with Gasteiger partial charge in [0.2, 0.25) is 16.0 Å². The van der Waals surface area contributed by atoms with Crippen molar-refractivity contribution in [2.75, 3.05) is 63.6 Å². The highest BCUT2D eigenvalue weighted by atomic mass is 32.2. The molecular weight excluding hydrogens is 346 g/mol. The highest BCUT2D eigenvalue weighted by Gasteiger charge is 2.25. The Morgan fingerprint density at radius 3 is 2.36 bits per heavy atom. The predicted octanol–water partition coefficient (Wildman–Crippen LogP) is -0.579. The largest absolute Gasteiger partial charge is 0.378 e. The van der Waals surface area contributed by atoms with Gasteiger partial charge in [0.05, 0.1) is 25.0 Å². The maximum atomic E-state index is 12.6. The normalized spacial score (nSPS) is 20.4. The van der Waals surface area contributed by atoms with Crippen molar-refractivity contribution in [3.63, 3.8) is 0 Å². The Morgan fingerprint density at radius 2 is 1.72 bits per heavy atom. The molecule has 1 amide bonds. The first-order valence-corrected chi connectivity index (χ1v) is 10.2. The quantitative estimate of drug-likeness (QED) is 0.703. The van der Waals surface area contributed by atoms with Gasteiger partial charge < -0.3 is 14.5 Å². The van der Waals surface area contributed by atoms with Gasteiger partial charge in [-0.25, -0.2) is 22.7 Å². The molecular formula is C15H23N5O4S. The fourth-order valence-electron chi connectivity index (χ4n) is 2.97. The Balaban J connectivity index is 1.64. The zero-order valence-corrected chi connectivity index (χ0v) is 15.1. The monoisotopic (exact) mass is 369 g/mol. The van der Waals surface area contributed by atoms with Crippen molar-refractivity contribution >= 4 is 21.9 Å². The van der Waals surface area contributed by atoms with E-state index in [4.69, 9.17) is 4.74 Å². The zero-order valence-electron chi connectivity index (χ0n) is 14.3. The fourth-order valence-corrected chi connectivity index (χ4v) is 3.84. The van der Waals surface area contributed by atoms with Crippen LogP contribution in [0.2, 0.25) is 0 Å². The van der Waals surface area contributed by atoms with Crippen LogP contribution in [0.25, 0.3) is 0 Å². The number of carbonyl (C=O) groups is 1. The summed E-state index contributed by atoms with van der Waals surface area (Å²) in [4.78, 5) is 24.9. The van der Waals surface area contributed by atoms with Gasteiger partial charge in [-0.1, -0.05) is 0 Å². The number of rotatable bonds is 3. The molecule has 3 heterocycles. The van der Waals surface area contributed by atoms with E-state index in [2.05, 4.69) is 9.97 Å². The summed E-state index contributed by atoms with van der Waals surface area (Å²) >= 11 is 0. The summed E-state index contributed by atoms with van der Waals surface area (Å²) in [6.07, 6.45) is 4.90. The van der Waals surface area contributed by atoms with Gasteiger partial charge in [0.1, 0.15) is 0 Å². The molecule has 0 spiro atoms. The summed E-state index contributed by atoms with van der Waals surface area (Å²) in [6, 6.07) is 0. The van der Waals surface area contributed by atoms with E-state index < -0.39 is 10.0 Å². The molecule has 25 heavy (non-hydrogen) atoms. The van der Waals surface area contributed by atoms with Gasteiger partial charge in [-0.15, -0.1) is 0 Å². The van der Waals surface area contributed by atoms with Gasteiger partial charge in [-0.05, 0) is 6.42 Å². The second-order valence-corrected chi connectivity index (χ2v) is 8.16. The van der Waals surface area contributed by atoms with E-state index in [9.17, 15) is 13.2 Å². The first-order chi connectivity index (χ1) is 11.9. The van der Waals surface area contributed by atoms with Crippen LogP contribution in [-0.2, 0) is 14.8 Å². The molecule has 2 aliphatic heterocycles. The van der Waals surface area contributed by atoms with Crippen LogP contribution in [0, 0.1) is 0 Å². The Bertz CT molecular complexity index is 703. The Labute approximate surface area is 147 Å². The number of hydrogen-bond acceptors (Lipinski definition) is 7. The van der Waals surface area contributed by atoms with Crippen LogP contribution < -0.4 is 4.90 Å². The number of nitrogens with zero attached hydrogens (tertiary/aromatic N) is 5. The minimum Gasteiger partial charge on any atom is -0.378 e. The molecule has 0 aromatic carbocycles. The molecule has 0 saturated carbocycles. The average Bonchev–Trinajstić information content (AvgIpc) is 2.88. The molecule has 3 rings (SSSR count). The molecule has 0 atom stereocenters. The summed E-state index contributed by atoms with van der Waals surface area (Å²) < 4.78 is 30.0. The second kappa shape index (κ2) is 7.63. The highest BCUT2D eigenvalue weighted by molar-refractivity contribution is 7.88. The van der Waals surface area contributed by atoms with Crippen LogP contribution in [0.4, 0.5) is 5.95 Å². The molecule has 2 fully saturated rings. The zero-order chi connectivity index (χ0) is 17.9. The second-order valence-electron chi connectivity index (χ2n) is 6.18. The van der Waals surface area contributed by atoms with E-state index in [1.165, 1.54) is 10.6 Å². The van der Waals surface area contributed by atoms with Gasteiger partial charge in [-0.2, -0.15) is 0 Å². The molecule has 0 N–H and O–H groups in total. The third kappa shape index (κ3) is 4.44. The van der Waals surface area contributed by atoms with Crippen LogP contribution in [0.3, 0.4) is 0 Å².